The van der Waals surface area contributed by atoms with Gasteiger partial charge in [0.15, 0.2) is 0 Å². The lowest BCUT2D eigenvalue weighted by molar-refractivity contribution is 0.143. The molecule has 0 aliphatic carbocycles. The molecule has 1 saturated heterocycles. The third kappa shape index (κ3) is 2.72. The fourth-order valence-corrected chi connectivity index (χ4v) is 2.84. The van der Waals surface area contributed by atoms with Crippen LogP contribution in [-0.4, -0.2) is 24.5 Å². The maximum atomic E-state index is 5.73. The first kappa shape index (κ1) is 12.7. The summed E-state index contributed by atoms with van der Waals surface area (Å²) in [6, 6.07) is 2.64. The van der Waals surface area contributed by atoms with Gasteiger partial charge in [-0.1, -0.05) is 0 Å². The molecular weight excluding hydrogens is 212 g/mol. The Bertz CT molecular complexity index is 364. The molecule has 1 aromatic rings. The number of nitrogens with two attached hydrogens (primary N) is 1. The van der Waals surface area contributed by atoms with Gasteiger partial charge < -0.3 is 10.2 Å². The smallest absolute Gasteiger partial charge is 0.105 e. The van der Waals surface area contributed by atoms with E-state index < -0.39 is 0 Å². The van der Waals surface area contributed by atoms with Gasteiger partial charge in [0.1, 0.15) is 11.5 Å². The van der Waals surface area contributed by atoms with E-state index in [2.05, 4.69) is 24.8 Å². The van der Waals surface area contributed by atoms with Crippen LogP contribution >= 0.6 is 0 Å². The average molecular weight is 236 g/mol. The average Bonchev–Trinajstić information content (AvgIpc) is 2.68. The van der Waals surface area contributed by atoms with E-state index in [1.165, 1.54) is 18.4 Å². The van der Waals surface area contributed by atoms with Gasteiger partial charge in [0.05, 0.1) is 0 Å². The molecule has 0 bridgehead atoms. The van der Waals surface area contributed by atoms with Crippen LogP contribution in [0.4, 0.5) is 0 Å². The highest BCUT2D eigenvalue weighted by Gasteiger charge is 2.24. The van der Waals surface area contributed by atoms with Crippen LogP contribution in [0.15, 0.2) is 10.5 Å². The minimum absolute atomic E-state index is 0.464. The van der Waals surface area contributed by atoms with Crippen molar-refractivity contribution in [3.05, 3.63) is 23.2 Å². The minimum Gasteiger partial charge on any atom is -0.466 e. The van der Waals surface area contributed by atoms with Crippen molar-refractivity contribution in [2.75, 3.05) is 19.6 Å². The zero-order valence-electron chi connectivity index (χ0n) is 11.2. The van der Waals surface area contributed by atoms with Gasteiger partial charge in [-0.25, -0.2) is 0 Å². The lowest BCUT2D eigenvalue weighted by Gasteiger charge is -2.35. The number of hydrogen-bond acceptors (Lipinski definition) is 3. The van der Waals surface area contributed by atoms with E-state index in [0.29, 0.717) is 6.04 Å². The molecule has 1 aliphatic rings. The SMILES string of the molecule is Cc1cc(C(C)N2CCC(CN)CC2)c(C)o1. The standard InChI is InChI=1S/C14H24N2O/c1-10-8-14(12(3)17-10)11(2)16-6-4-13(9-15)5-7-16/h8,11,13H,4-7,9,15H2,1-3H3. The molecule has 0 spiro atoms. The van der Waals surface area contributed by atoms with Gasteiger partial charge in [0.2, 0.25) is 0 Å². The molecule has 0 radical (unpaired) electrons. The van der Waals surface area contributed by atoms with Crippen LogP contribution in [0.5, 0.6) is 0 Å². The first-order valence-corrected chi connectivity index (χ1v) is 6.63. The van der Waals surface area contributed by atoms with E-state index in [0.717, 1.165) is 37.1 Å². The van der Waals surface area contributed by atoms with E-state index in [-0.39, 0.29) is 0 Å². The summed E-state index contributed by atoms with van der Waals surface area (Å²) in [5, 5.41) is 0. The normalized spacial score (nSPS) is 20.7. The van der Waals surface area contributed by atoms with Gasteiger partial charge in [-0.2, -0.15) is 0 Å². The van der Waals surface area contributed by atoms with Crippen LogP contribution in [0.1, 0.15) is 42.9 Å². The van der Waals surface area contributed by atoms with Gasteiger partial charge in [-0.05, 0) is 65.2 Å². The molecule has 1 atom stereocenters. The highest BCUT2D eigenvalue weighted by Crippen LogP contribution is 2.29. The third-order valence-corrected chi connectivity index (χ3v) is 4.06. The molecule has 2 heterocycles. The molecule has 1 unspecified atom stereocenters. The van der Waals surface area contributed by atoms with E-state index in [4.69, 9.17) is 10.2 Å². The zero-order chi connectivity index (χ0) is 12.4. The molecule has 0 saturated carbocycles. The molecular formula is C14H24N2O. The monoisotopic (exact) mass is 236 g/mol. The number of rotatable bonds is 3. The molecule has 1 aromatic heterocycles. The van der Waals surface area contributed by atoms with Crippen LogP contribution in [0, 0.1) is 19.8 Å². The predicted molar refractivity (Wildman–Crippen MR) is 69.9 cm³/mol. The van der Waals surface area contributed by atoms with E-state index >= 15 is 0 Å². The molecule has 2 rings (SSSR count). The number of aryl methyl sites for hydroxylation is 2. The maximum absolute atomic E-state index is 5.73. The highest BCUT2D eigenvalue weighted by molar-refractivity contribution is 5.23. The number of likely N-dealkylation sites (tertiary alicyclic amines) is 1. The summed E-state index contributed by atoms with van der Waals surface area (Å²) in [5.41, 5.74) is 7.07. The summed E-state index contributed by atoms with van der Waals surface area (Å²) in [5.74, 6) is 2.81. The Morgan fingerprint density at radius 2 is 2.06 bits per heavy atom. The second-order valence-corrected chi connectivity index (χ2v) is 5.26. The largest absolute Gasteiger partial charge is 0.466 e. The Balaban J connectivity index is 2.01. The summed E-state index contributed by atoms with van der Waals surface area (Å²) in [4.78, 5) is 2.55. The molecule has 96 valence electrons. The van der Waals surface area contributed by atoms with Gasteiger partial charge >= 0.3 is 0 Å². The Labute approximate surface area is 104 Å². The first-order valence-electron chi connectivity index (χ1n) is 6.63. The first-order chi connectivity index (χ1) is 8.11. The molecule has 1 aliphatic heterocycles. The van der Waals surface area contributed by atoms with E-state index in [9.17, 15) is 0 Å². The van der Waals surface area contributed by atoms with Crippen molar-refractivity contribution in [3.8, 4) is 0 Å². The van der Waals surface area contributed by atoms with Crippen molar-refractivity contribution < 1.29 is 4.42 Å². The topological polar surface area (TPSA) is 42.4 Å². The summed E-state index contributed by atoms with van der Waals surface area (Å²) in [7, 11) is 0. The van der Waals surface area contributed by atoms with Crippen molar-refractivity contribution in [1.82, 2.24) is 4.90 Å². The Kier molecular flexibility index (Phi) is 3.89. The summed E-state index contributed by atoms with van der Waals surface area (Å²) >= 11 is 0. The molecule has 3 nitrogen and oxygen atoms in total. The van der Waals surface area contributed by atoms with Crippen molar-refractivity contribution >= 4 is 0 Å². The summed E-state index contributed by atoms with van der Waals surface area (Å²) < 4.78 is 5.62. The predicted octanol–water partition coefficient (Wildman–Crippen LogP) is 2.63. The quantitative estimate of drug-likeness (QED) is 0.877. The van der Waals surface area contributed by atoms with Crippen molar-refractivity contribution in [1.29, 1.82) is 0 Å². The summed E-state index contributed by atoms with van der Waals surface area (Å²) in [6.45, 7) is 9.51. The second-order valence-electron chi connectivity index (χ2n) is 5.26. The molecule has 0 aromatic carbocycles. The lowest BCUT2D eigenvalue weighted by Crippen LogP contribution is -2.37. The number of nitrogens with zero attached hydrogens (tertiary/aromatic N) is 1. The fourth-order valence-electron chi connectivity index (χ4n) is 2.84. The molecule has 3 heteroatoms. The summed E-state index contributed by atoms with van der Waals surface area (Å²) in [6.07, 6.45) is 2.47. The Morgan fingerprint density at radius 1 is 1.41 bits per heavy atom. The fraction of sp³-hybridized carbons (Fsp3) is 0.714. The lowest BCUT2D eigenvalue weighted by atomic mass is 9.95. The van der Waals surface area contributed by atoms with Gasteiger partial charge in [-0.15, -0.1) is 0 Å². The zero-order valence-corrected chi connectivity index (χ0v) is 11.2. The highest BCUT2D eigenvalue weighted by atomic mass is 16.3. The third-order valence-electron chi connectivity index (χ3n) is 4.06. The van der Waals surface area contributed by atoms with Crippen molar-refractivity contribution in [2.24, 2.45) is 11.7 Å². The van der Waals surface area contributed by atoms with Gasteiger partial charge in [-0.3, -0.25) is 4.90 Å². The maximum Gasteiger partial charge on any atom is 0.105 e. The van der Waals surface area contributed by atoms with Gasteiger partial charge in [0, 0.05) is 11.6 Å². The van der Waals surface area contributed by atoms with E-state index in [1.54, 1.807) is 0 Å². The number of piperidine rings is 1. The van der Waals surface area contributed by atoms with Crippen LogP contribution in [0.3, 0.4) is 0 Å². The van der Waals surface area contributed by atoms with Gasteiger partial charge in [0.25, 0.3) is 0 Å². The van der Waals surface area contributed by atoms with Crippen LogP contribution in [0.25, 0.3) is 0 Å². The number of furan rings is 1. The Morgan fingerprint density at radius 3 is 2.53 bits per heavy atom. The van der Waals surface area contributed by atoms with Crippen LogP contribution in [0.2, 0.25) is 0 Å². The molecule has 0 amide bonds. The number of hydrogen-bond donors (Lipinski definition) is 1. The van der Waals surface area contributed by atoms with Crippen LogP contribution < -0.4 is 5.73 Å². The molecule has 17 heavy (non-hydrogen) atoms. The minimum atomic E-state index is 0.464. The van der Waals surface area contributed by atoms with Crippen molar-refractivity contribution in [2.45, 2.75) is 39.7 Å². The molecule has 1 fully saturated rings. The van der Waals surface area contributed by atoms with E-state index in [1.807, 2.05) is 6.92 Å². The molecule has 2 N–H and O–H groups in total. The second kappa shape index (κ2) is 5.23. The van der Waals surface area contributed by atoms with Crippen LogP contribution in [-0.2, 0) is 0 Å². The van der Waals surface area contributed by atoms with Crippen molar-refractivity contribution in [3.63, 3.8) is 0 Å². The Hall–Kier alpha value is -0.800.